The molecule has 1 heterocycles. The Kier molecular flexibility index (Phi) is 9.60. The van der Waals surface area contributed by atoms with Gasteiger partial charge in [0.25, 0.3) is 0 Å². The van der Waals surface area contributed by atoms with Crippen molar-refractivity contribution in [3.05, 3.63) is 106 Å². The Morgan fingerprint density at radius 2 is 1.74 bits per heavy atom. The van der Waals surface area contributed by atoms with Gasteiger partial charge in [-0.1, -0.05) is 65.7 Å². The molecular weight excluding hydrogens is 611 g/mol. The SMILES string of the molecule is O=C(O)CC1(CSC(CCNS(=O)(=O)c2ccc(Cl)cc2)c2cccc(/C=C/c3ccc4ccc(Cl)cc4n3)c2)CC1. The third-order valence-corrected chi connectivity index (χ3v) is 11.0. The van der Waals surface area contributed by atoms with Gasteiger partial charge in [-0.3, -0.25) is 4.79 Å². The van der Waals surface area contributed by atoms with E-state index in [1.54, 1.807) is 23.9 Å². The van der Waals surface area contributed by atoms with Crippen LogP contribution in [0.3, 0.4) is 0 Å². The monoisotopic (exact) mass is 640 g/mol. The molecule has 3 aromatic carbocycles. The number of carboxylic acid groups (broad SMARTS) is 1. The molecule has 0 bridgehead atoms. The standard InChI is InChI=1S/C32H30Cl2N2O4S2/c33-25-8-12-28(13-9-25)42(39,40)35-17-14-30(41-21-32(15-16-32)20-31(37)38)24-3-1-2-22(18-24)4-10-27-11-6-23-5-7-26(34)19-29(23)36-27/h1-13,18-19,30,35H,14-17,20-21H2,(H,37,38)/b10-4+. The van der Waals surface area contributed by atoms with Crippen LogP contribution in [-0.2, 0) is 14.8 Å². The first-order valence-corrected chi connectivity index (χ1v) is 16.8. The van der Waals surface area contributed by atoms with Gasteiger partial charge >= 0.3 is 5.97 Å². The minimum absolute atomic E-state index is 0.0292. The molecule has 1 aliphatic rings. The van der Waals surface area contributed by atoms with Crippen LogP contribution >= 0.6 is 35.0 Å². The number of halogens is 2. The minimum atomic E-state index is -3.69. The molecule has 1 saturated carbocycles. The van der Waals surface area contributed by atoms with Crippen LogP contribution in [0.15, 0.2) is 83.8 Å². The third kappa shape index (κ3) is 8.14. The molecule has 1 fully saturated rings. The largest absolute Gasteiger partial charge is 0.481 e. The molecule has 1 aliphatic carbocycles. The first kappa shape index (κ1) is 30.6. The molecule has 0 radical (unpaired) electrons. The van der Waals surface area contributed by atoms with Crippen LogP contribution in [-0.4, -0.2) is 36.8 Å². The summed E-state index contributed by atoms with van der Waals surface area (Å²) in [5, 5.41) is 11.5. The van der Waals surface area contributed by atoms with Gasteiger partial charge in [0.15, 0.2) is 0 Å². The number of thioether (sulfide) groups is 1. The lowest BCUT2D eigenvalue weighted by Gasteiger charge is -2.21. The summed E-state index contributed by atoms with van der Waals surface area (Å²) in [4.78, 5) is 16.3. The van der Waals surface area contributed by atoms with Crippen molar-refractivity contribution in [1.82, 2.24) is 9.71 Å². The Bertz CT molecular complexity index is 1720. The van der Waals surface area contributed by atoms with Crippen LogP contribution in [0.4, 0.5) is 0 Å². The lowest BCUT2D eigenvalue weighted by Crippen LogP contribution is -2.25. The van der Waals surface area contributed by atoms with E-state index < -0.39 is 16.0 Å². The number of rotatable bonds is 13. The van der Waals surface area contributed by atoms with Gasteiger partial charge in [-0.05, 0) is 84.3 Å². The zero-order valence-electron chi connectivity index (χ0n) is 22.7. The summed E-state index contributed by atoms with van der Waals surface area (Å²) in [5.74, 6) is -0.0746. The van der Waals surface area contributed by atoms with Crippen molar-refractivity contribution in [2.24, 2.45) is 5.41 Å². The molecular formula is C32H30Cl2N2O4S2. The minimum Gasteiger partial charge on any atom is -0.481 e. The number of nitrogens with one attached hydrogen (secondary N) is 1. The van der Waals surface area contributed by atoms with Crippen molar-refractivity contribution >= 4 is 74.0 Å². The summed E-state index contributed by atoms with van der Waals surface area (Å²) in [7, 11) is -3.69. The smallest absolute Gasteiger partial charge is 0.303 e. The fraction of sp³-hybridized carbons (Fsp3) is 0.250. The number of pyridine rings is 1. The highest BCUT2D eigenvalue weighted by atomic mass is 35.5. The van der Waals surface area contributed by atoms with Crippen molar-refractivity contribution < 1.29 is 18.3 Å². The maximum Gasteiger partial charge on any atom is 0.303 e. The van der Waals surface area contributed by atoms with E-state index in [9.17, 15) is 18.3 Å². The van der Waals surface area contributed by atoms with E-state index in [2.05, 4.69) is 10.8 Å². The topological polar surface area (TPSA) is 96.4 Å². The van der Waals surface area contributed by atoms with E-state index in [0.717, 1.165) is 40.6 Å². The highest BCUT2D eigenvalue weighted by molar-refractivity contribution is 7.99. The van der Waals surface area contributed by atoms with Gasteiger partial charge in [0, 0.05) is 33.0 Å². The van der Waals surface area contributed by atoms with Crippen molar-refractivity contribution in [3.63, 3.8) is 0 Å². The molecule has 1 atom stereocenters. The molecule has 0 spiro atoms. The number of hydrogen-bond donors (Lipinski definition) is 2. The highest BCUT2D eigenvalue weighted by Crippen LogP contribution is 2.53. The maximum atomic E-state index is 12.8. The molecule has 10 heteroatoms. The Morgan fingerprint density at radius 3 is 2.48 bits per heavy atom. The van der Waals surface area contributed by atoms with Gasteiger partial charge in [0.2, 0.25) is 10.0 Å². The Balaban J connectivity index is 1.32. The fourth-order valence-electron chi connectivity index (χ4n) is 4.76. The molecule has 2 N–H and O–H groups in total. The van der Waals surface area contributed by atoms with E-state index in [1.807, 2.05) is 60.7 Å². The average molecular weight is 642 g/mol. The van der Waals surface area contributed by atoms with Gasteiger partial charge in [0.1, 0.15) is 0 Å². The molecule has 6 nitrogen and oxygen atoms in total. The van der Waals surface area contributed by atoms with Crippen LogP contribution in [0.5, 0.6) is 0 Å². The number of aliphatic carboxylic acids is 1. The summed E-state index contributed by atoms with van der Waals surface area (Å²) in [5.41, 5.74) is 3.49. The van der Waals surface area contributed by atoms with Gasteiger partial charge in [0.05, 0.1) is 22.5 Å². The normalized spacial score (nSPS) is 15.2. The molecule has 0 aliphatic heterocycles. The number of nitrogens with zero attached hydrogens (tertiary/aromatic N) is 1. The summed E-state index contributed by atoms with van der Waals surface area (Å²) in [6.07, 6.45) is 6.45. The Labute approximate surface area is 260 Å². The number of benzene rings is 3. The zero-order valence-corrected chi connectivity index (χ0v) is 25.8. The van der Waals surface area contributed by atoms with Crippen molar-refractivity contribution in [2.75, 3.05) is 12.3 Å². The third-order valence-electron chi connectivity index (χ3n) is 7.30. The van der Waals surface area contributed by atoms with E-state index in [4.69, 9.17) is 28.2 Å². The molecule has 1 unspecified atom stereocenters. The predicted octanol–water partition coefficient (Wildman–Crippen LogP) is 8.11. The van der Waals surface area contributed by atoms with Crippen molar-refractivity contribution in [2.45, 2.75) is 35.8 Å². The molecule has 4 aromatic rings. The van der Waals surface area contributed by atoms with E-state index in [0.29, 0.717) is 22.2 Å². The second-order valence-corrected chi connectivity index (χ2v) is 14.4. The number of carboxylic acids is 1. The number of sulfonamides is 1. The first-order chi connectivity index (χ1) is 20.1. The van der Waals surface area contributed by atoms with Gasteiger partial charge < -0.3 is 5.11 Å². The molecule has 0 amide bonds. The van der Waals surface area contributed by atoms with Gasteiger partial charge in [-0.15, -0.1) is 0 Å². The zero-order chi connectivity index (χ0) is 29.7. The molecule has 42 heavy (non-hydrogen) atoms. The highest BCUT2D eigenvalue weighted by Gasteiger charge is 2.44. The van der Waals surface area contributed by atoms with Crippen LogP contribution in [0, 0.1) is 5.41 Å². The molecule has 1 aromatic heterocycles. The summed E-state index contributed by atoms with van der Waals surface area (Å²) in [6, 6.07) is 23.8. The van der Waals surface area contributed by atoms with Crippen LogP contribution in [0.25, 0.3) is 23.1 Å². The van der Waals surface area contributed by atoms with Crippen LogP contribution in [0.2, 0.25) is 10.0 Å². The van der Waals surface area contributed by atoms with Crippen LogP contribution in [0.1, 0.15) is 47.8 Å². The summed E-state index contributed by atoms with van der Waals surface area (Å²) >= 11 is 13.7. The quantitative estimate of drug-likeness (QED) is 0.153. The Morgan fingerprint density at radius 1 is 1.00 bits per heavy atom. The summed E-state index contributed by atoms with van der Waals surface area (Å²) < 4.78 is 28.4. The van der Waals surface area contributed by atoms with E-state index in [1.165, 1.54) is 12.1 Å². The predicted molar refractivity (Wildman–Crippen MR) is 172 cm³/mol. The Hall–Kier alpha value is -2.88. The molecule has 5 rings (SSSR count). The maximum absolute atomic E-state index is 12.8. The van der Waals surface area contributed by atoms with Gasteiger partial charge in [-0.25, -0.2) is 18.1 Å². The number of aromatic nitrogens is 1. The van der Waals surface area contributed by atoms with Crippen molar-refractivity contribution in [1.29, 1.82) is 0 Å². The number of carbonyl (C=O) groups is 1. The van der Waals surface area contributed by atoms with Crippen molar-refractivity contribution in [3.8, 4) is 0 Å². The number of fused-ring (bicyclic) bond motifs is 1. The lowest BCUT2D eigenvalue weighted by atomic mass is 10.0. The number of hydrogen-bond acceptors (Lipinski definition) is 5. The van der Waals surface area contributed by atoms with E-state index >= 15 is 0 Å². The summed E-state index contributed by atoms with van der Waals surface area (Å²) in [6.45, 7) is 0.234. The van der Waals surface area contributed by atoms with E-state index in [-0.39, 0.29) is 28.5 Å². The fourth-order valence-corrected chi connectivity index (χ4v) is 7.67. The first-order valence-electron chi connectivity index (χ1n) is 13.5. The second-order valence-electron chi connectivity index (χ2n) is 10.6. The molecule has 0 saturated heterocycles. The average Bonchev–Trinajstić information content (AvgIpc) is 3.72. The van der Waals surface area contributed by atoms with Gasteiger partial charge in [-0.2, -0.15) is 11.8 Å². The molecule has 218 valence electrons. The second kappa shape index (κ2) is 13.2. The van der Waals surface area contributed by atoms with Crippen LogP contribution < -0.4 is 4.72 Å². The lowest BCUT2D eigenvalue weighted by molar-refractivity contribution is -0.138.